The SMILES string of the molecule is CCOc1c(CO)cccc1-c1ccc(C)o1. The Morgan fingerprint density at radius 1 is 1.24 bits per heavy atom. The van der Waals surface area contributed by atoms with E-state index in [1.807, 2.05) is 44.2 Å². The van der Waals surface area contributed by atoms with E-state index in [9.17, 15) is 5.11 Å². The van der Waals surface area contributed by atoms with Crippen LogP contribution in [0.1, 0.15) is 18.2 Å². The fourth-order valence-electron chi connectivity index (χ4n) is 1.80. The van der Waals surface area contributed by atoms with Gasteiger partial charge in [-0.15, -0.1) is 0 Å². The Bertz CT molecular complexity index is 500. The van der Waals surface area contributed by atoms with Gasteiger partial charge in [-0.3, -0.25) is 0 Å². The monoisotopic (exact) mass is 232 g/mol. The highest BCUT2D eigenvalue weighted by molar-refractivity contribution is 5.68. The minimum atomic E-state index is -0.0388. The van der Waals surface area contributed by atoms with Gasteiger partial charge in [0, 0.05) is 5.56 Å². The topological polar surface area (TPSA) is 42.6 Å². The zero-order valence-corrected chi connectivity index (χ0v) is 10.1. The molecule has 2 aromatic rings. The van der Waals surface area contributed by atoms with Crippen molar-refractivity contribution in [2.75, 3.05) is 6.61 Å². The van der Waals surface area contributed by atoms with Gasteiger partial charge < -0.3 is 14.3 Å². The van der Waals surface area contributed by atoms with Gasteiger partial charge in [0.2, 0.25) is 0 Å². The van der Waals surface area contributed by atoms with Crippen molar-refractivity contribution in [3.8, 4) is 17.1 Å². The number of rotatable bonds is 4. The molecule has 0 fully saturated rings. The molecule has 0 atom stereocenters. The van der Waals surface area contributed by atoms with Gasteiger partial charge in [-0.25, -0.2) is 0 Å². The molecule has 0 spiro atoms. The summed E-state index contributed by atoms with van der Waals surface area (Å²) in [5.74, 6) is 2.32. The van der Waals surface area contributed by atoms with E-state index in [1.165, 1.54) is 0 Å². The summed E-state index contributed by atoms with van der Waals surface area (Å²) in [5, 5.41) is 9.31. The van der Waals surface area contributed by atoms with Crippen LogP contribution in [0.3, 0.4) is 0 Å². The fourth-order valence-corrected chi connectivity index (χ4v) is 1.80. The maximum atomic E-state index is 9.31. The lowest BCUT2D eigenvalue weighted by molar-refractivity contribution is 0.267. The second-order valence-corrected chi connectivity index (χ2v) is 3.80. The van der Waals surface area contributed by atoms with Crippen molar-refractivity contribution in [2.45, 2.75) is 20.5 Å². The van der Waals surface area contributed by atoms with Gasteiger partial charge in [0.15, 0.2) is 0 Å². The summed E-state index contributed by atoms with van der Waals surface area (Å²) in [4.78, 5) is 0. The molecule has 0 aliphatic heterocycles. The molecule has 1 N–H and O–H groups in total. The molecule has 1 heterocycles. The molecular weight excluding hydrogens is 216 g/mol. The lowest BCUT2D eigenvalue weighted by Crippen LogP contribution is -1.98. The Labute approximate surface area is 101 Å². The zero-order chi connectivity index (χ0) is 12.3. The summed E-state index contributed by atoms with van der Waals surface area (Å²) in [5.41, 5.74) is 1.66. The van der Waals surface area contributed by atoms with Crippen molar-refractivity contribution < 1.29 is 14.3 Å². The Morgan fingerprint density at radius 3 is 2.65 bits per heavy atom. The highest BCUT2D eigenvalue weighted by atomic mass is 16.5. The van der Waals surface area contributed by atoms with Crippen molar-refractivity contribution in [1.82, 2.24) is 0 Å². The number of aliphatic hydroxyl groups is 1. The number of para-hydroxylation sites is 1. The van der Waals surface area contributed by atoms with Crippen LogP contribution in [0, 0.1) is 6.92 Å². The summed E-state index contributed by atoms with van der Waals surface area (Å²) in [6, 6.07) is 9.50. The standard InChI is InChI=1S/C14H16O3/c1-3-16-14-11(9-15)5-4-6-12(14)13-8-7-10(2)17-13/h4-8,15H,3,9H2,1-2H3. The van der Waals surface area contributed by atoms with Crippen LogP contribution in [0.5, 0.6) is 5.75 Å². The van der Waals surface area contributed by atoms with Gasteiger partial charge in [0.25, 0.3) is 0 Å². The lowest BCUT2D eigenvalue weighted by Gasteiger charge is -2.12. The number of ether oxygens (including phenoxy) is 1. The second kappa shape index (κ2) is 5.06. The van der Waals surface area contributed by atoms with E-state index >= 15 is 0 Å². The van der Waals surface area contributed by atoms with Crippen molar-refractivity contribution in [2.24, 2.45) is 0 Å². The molecule has 0 unspecified atom stereocenters. The molecule has 3 heteroatoms. The number of benzene rings is 1. The van der Waals surface area contributed by atoms with Crippen molar-refractivity contribution in [3.05, 3.63) is 41.7 Å². The van der Waals surface area contributed by atoms with Gasteiger partial charge >= 0.3 is 0 Å². The first-order valence-corrected chi connectivity index (χ1v) is 5.68. The van der Waals surface area contributed by atoms with E-state index in [4.69, 9.17) is 9.15 Å². The van der Waals surface area contributed by atoms with E-state index in [0.29, 0.717) is 12.4 Å². The van der Waals surface area contributed by atoms with Crippen LogP contribution in [-0.2, 0) is 6.61 Å². The highest BCUT2D eigenvalue weighted by Crippen LogP contribution is 2.34. The Kier molecular flexibility index (Phi) is 3.49. The van der Waals surface area contributed by atoms with E-state index in [1.54, 1.807) is 0 Å². The molecule has 1 aromatic heterocycles. The summed E-state index contributed by atoms with van der Waals surface area (Å²) in [7, 11) is 0. The molecular formula is C14H16O3. The quantitative estimate of drug-likeness (QED) is 0.880. The predicted molar refractivity (Wildman–Crippen MR) is 66.0 cm³/mol. The van der Waals surface area contributed by atoms with Crippen LogP contribution >= 0.6 is 0 Å². The molecule has 1 aromatic carbocycles. The Hall–Kier alpha value is -1.74. The first kappa shape index (κ1) is 11.7. The van der Waals surface area contributed by atoms with Crippen LogP contribution in [0.15, 0.2) is 34.7 Å². The molecule has 3 nitrogen and oxygen atoms in total. The molecule has 0 radical (unpaired) electrons. The Balaban J connectivity index is 2.52. The summed E-state index contributed by atoms with van der Waals surface area (Å²) >= 11 is 0. The van der Waals surface area contributed by atoms with E-state index in [2.05, 4.69) is 0 Å². The normalized spacial score (nSPS) is 10.5. The van der Waals surface area contributed by atoms with Crippen LogP contribution in [0.4, 0.5) is 0 Å². The molecule has 0 bridgehead atoms. The molecule has 2 rings (SSSR count). The molecule has 0 saturated carbocycles. The Morgan fingerprint density at radius 2 is 2.06 bits per heavy atom. The van der Waals surface area contributed by atoms with Crippen LogP contribution in [-0.4, -0.2) is 11.7 Å². The zero-order valence-electron chi connectivity index (χ0n) is 10.1. The van der Waals surface area contributed by atoms with Gasteiger partial charge in [-0.1, -0.05) is 12.1 Å². The number of aliphatic hydroxyl groups excluding tert-OH is 1. The predicted octanol–water partition coefficient (Wildman–Crippen LogP) is 3.15. The number of hydrogen-bond donors (Lipinski definition) is 1. The third-order valence-corrected chi connectivity index (χ3v) is 2.56. The average molecular weight is 232 g/mol. The largest absolute Gasteiger partial charge is 0.493 e. The molecule has 90 valence electrons. The first-order chi connectivity index (χ1) is 8.26. The van der Waals surface area contributed by atoms with Crippen molar-refractivity contribution in [1.29, 1.82) is 0 Å². The van der Waals surface area contributed by atoms with Crippen LogP contribution in [0.2, 0.25) is 0 Å². The van der Waals surface area contributed by atoms with Gasteiger partial charge in [0.05, 0.1) is 18.8 Å². The van der Waals surface area contributed by atoms with E-state index < -0.39 is 0 Å². The van der Waals surface area contributed by atoms with Gasteiger partial charge in [0.1, 0.15) is 17.3 Å². The van der Waals surface area contributed by atoms with Crippen molar-refractivity contribution in [3.63, 3.8) is 0 Å². The molecule has 0 amide bonds. The molecule has 0 aliphatic carbocycles. The third kappa shape index (κ3) is 2.34. The van der Waals surface area contributed by atoms with Gasteiger partial charge in [-0.05, 0) is 32.0 Å². The first-order valence-electron chi connectivity index (χ1n) is 5.68. The number of furan rings is 1. The summed E-state index contributed by atoms with van der Waals surface area (Å²) < 4.78 is 11.2. The number of hydrogen-bond acceptors (Lipinski definition) is 3. The van der Waals surface area contributed by atoms with Crippen LogP contribution < -0.4 is 4.74 Å². The summed E-state index contributed by atoms with van der Waals surface area (Å²) in [6.07, 6.45) is 0. The molecule has 17 heavy (non-hydrogen) atoms. The van der Waals surface area contributed by atoms with Crippen molar-refractivity contribution >= 4 is 0 Å². The van der Waals surface area contributed by atoms with E-state index in [-0.39, 0.29) is 6.61 Å². The maximum Gasteiger partial charge on any atom is 0.137 e. The molecule has 0 saturated heterocycles. The summed E-state index contributed by atoms with van der Waals surface area (Å²) in [6.45, 7) is 4.34. The van der Waals surface area contributed by atoms with E-state index in [0.717, 1.165) is 22.6 Å². The van der Waals surface area contributed by atoms with Gasteiger partial charge in [-0.2, -0.15) is 0 Å². The number of aryl methyl sites for hydroxylation is 1. The third-order valence-electron chi connectivity index (χ3n) is 2.56. The lowest BCUT2D eigenvalue weighted by atomic mass is 10.1. The average Bonchev–Trinajstić information content (AvgIpc) is 2.76. The second-order valence-electron chi connectivity index (χ2n) is 3.80. The minimum Gasteiger partial charge on any atom is -0.493 e. The smallest absolute Gasteiger partial charge is 0.137 e. The fraction of sp³-hybridized carbons (Fsp3) is 0.286. The van der Waals surface area contributed by atoms with Crippen LogP contribution in [0.25, 0.3) is 11.3 Å². The highest BCUT2D eigenvalue weighted by Gasteiger charge is 2.13. The maximum absolute atomic E-state index is 9.31. The minimum absolute atomic E-state index is 0.0388. The molecule has 0 aliphatic rings.